The minimum absolute atomic E-state index is 0.570. The summed E-state index contributed by atoms with van der Waals surface area (Å²) in [6.45, 7) is 5.47. The van der Waals surface area contributed by atoms with E-state index < -0.39 is 0 Å². The fourth-order valence-electron chi connectivity index (χ4n) is 2.87. The number of piperidine rings is 1. The Morgan fingerprint density at radius 1 is 1.21 bits per heavy atom. The monoisotopic (exact) mass is 276 g/mol. The molecule has 1 aromatic rings. The lowest BCUT2D eigenvalue weighted by Gasteiger charge is -2.41. The van der Waals surface area contributed by atoms with Crippen LogP contribution in [0.4, 0.5) is 0 Å². The third kappa shape index (κ3) is 3.93. The molecular weight excluding hydrogens is 252 g/mol. The molecular formula is C16H24N2S. The number of likely N-dealkylation sites (tertiary alicyclic amines) is 1. The summed E-state index contributed by atoms with van der Waals surface area (Å²) in [5.74, 6) is 0. The molecule has 0 spiro atoms. The van der Waals surface area contributed by atoms with Crippen LogP contribution in [0, 0.1) is 0 Å². The van der Waals surface area contributed by atoms with Crippen molar-refractivity contribution in [1.82, 2.24) is 10.2 Å². The summed E-state index contributed by atoms with van der Waals surface area (Å²) < 4.78 is 0. The molecule has 0 saturated carbocycles. The average molecular weight is 276 g/mol. The molecule has 2 atom stereocenters. The third-order valence-corrected chi connectivity index (χ3v) is 4.32. The average Bonchev–Trinajstić information content (AvgIpc) is 2.40. The summed E-state index contributed by atoms with van der Waals surface area (Å²) in [6, 6.07) is 11.7. The van der Waals surface area contributed by atoms with Gasteiger partial charge in [-0.25, -0.2) is 0 Å². The maximum absolute atomic E-state index is 5.56. The van der Waals surface area contributed by atoms with Crippen molar-refractivity contribution in [2.45, 2.75) is 51.6 Å². The van der Waals surface area contributed by atoms with Gasteiger partial charge in [-0.2, -0.15) is 0 Å². The van der Waals surface area contributed by atoms with Gasteiger partial charge in [0.05, 0.1) is 0 Å². The van der Waals surface area contributed by atoms with Gasteiger partial charge in [-0.05, 0) is 57.3 Å². The first-order valence-electron chi connectivity index (χ1n) is 7.28. The van der Waals surface area contributed by atoms with Gasteiger partial charge in [0.2, 0.25) is 0 Å². The molecule has 1 saturated heterocycles. The highest BCUT2D eigenvalue weighted by atomic mass is 32.1. The lowest BCUT2D eigenvalue weighted by molar-refractivity contribution is 0.189. The van der Waals surface area contributed by atoms with E-state index in [0.29, 0.717) is 12.1 Å². The van der Waals surface area contributed by atoms with Crippen LogP contribution in [-0.4, -0.2) is 28.6 Å². The lowest BCUT2D eigenvalue weighted by atomic mass is 9.98. The lowest BCUT2D eigenvalue weighted by Crippen LogP contribution is -2.51. The minimum Gasteiger partial charge on any atom is -0.362 e. The van der Waals surface area contributed by atoms with Crippen LogP contribution in [0.5, 0.6) is 0 Å². The maximum Gasteiger partial charge on any atom is 0.169 e. The number of nitrogens with zero attached hydrogens (tertiary/aromatic N) is 1. The Bertz CT molecular complexity index is 394. The fraction of sp³-hybridized carbons (Fsp3) is 0.562. The van der Waals surface area contributed by atoms with Gasteiger partial charge in [0.1, 0.15) is 0 Å². The molecule has 0 aromatic heterocycles. The first kappa shape index (κ1) is 14.3. The van der Waals surface area contributed by atoms with Crippen molar-refractivity contribution < 1.29 is 0 Å². The van der Waals surface area contributed by atoms with Crippen molar-refractivity contribution in [3.8, 4) is 0 Å². The van der Waals surface area contributed by atoms with Gasteiger partial charge in [-0.1, -0.05) is 30.3 Å². The van der Waals surface area contributed by atoms with Crippen LogP contribution in [-0.2, 0) is 6.42 Å². The summed E-state index contributed by atoms with van der Waals surface area (Å²) in [5.41, 5.74) is 1.36. The third-order valence-electron chi connectivity index (χ3n) is 3.96. The Morgan fingerprint density at radius 2 is 1.84 bits per heavy atom. The molecule has 1 aliphatic rings. The molecule has 104 valence electrons. The predicted molar refractivity (Wildman–Crippen MR) is 85.4 cm³/mol. The molecule has 2 nitrogen and oxygen atoms in total. The summed E-state index contributed by atoms with van der Waals surface area (Å²) in [6.07, 6.45) is 4.86. The fourth-order valence-corrected chi connectivity index (χ4v) is 3.33. The molecule has 19 heavy (non-hydrogen) atoms. The second-order valence-electron chi connectivity index (χ2n) is 5.50. The van der Waals surface area contributed by atoms with Gasteiger partial charge in [0.15, 0.2) is 5.11 Å². The van der Waals surface area contributed by atoms with Gasteiger partial charge >= 0.3 is 0 Å². The highest BCUT2D eigenvalue weighted by Gasteiger charge is 2.26. The Balaban J connectivity index is 1.80. The summed E-state index contributed by atoms with van der Waals surface area (Å²) >= 11 is 5.56. The van der Waals surface area contributed by atoms with Gasteiger partial charge in [0, 0.05) is 18.6 Å². The van der Waals surface area contributed by atoms with Crippen LogP contribution in [0.15, 0.2) is 30.3 Å². The van der Waals surface area contributed by atoms with Crippen molar-refractivity contribution in [3.05, 3.63) is 35.9 Å². The molecule has 2 rings (SSSR count). The predicted octanol–water partition coefficient (Wildman–Crippen LogP) is 3.37. The van der Waals surface area contributed by atoms with Crippen molar-refractivity contribution >= 4 is 17.3 Å². The smallest absolute Gasteiger partial charge is 0.169 e. The van der Waals surface area contributed by atoms with Crippen molar-refractivity contribution in [1.29, 1.82) is 0 Å². The number of thiocarbonyl (C=S) groups is 1. The number of rotatable bonds is 3. The second kappa shape index (κ2) is 6.90. The molecule has 0 aliphatic carbocycles. The zero-order valence-corrected chi connectivity index (χ0v) is 12.7. The zero-order chi connectivity index (χ0) is 13.7. The van der Waals surface area contributed by atoms with Crippen LogP contribution in [0.25, 0.3) is 0 Å². The summed E-state index contributed by atoms with van der Waals surface area (Å²) in [5, 5.41) is 4.35. The minimum atomic E-state index is 0.570. The Morgan fingerprint density at radius 3 is 2.47 bits per heavy atom. The van der Waals surface area contributed by atoms with E-state index in [1.54, 1.807) is 0 Å². The maximum atomic E-state index is 5.56. The molecule has 0 amide bonds. The van der Waals surface area contributed by atoms with E-state index in [1.165, 1.54) is 24.8 Å². The molecule has 0 radical (unpaired) electrons. The molecule has 1 N–H and O–H groups in total. The number of benzene rings is 1. The van der Waals surface area contributed by atoms with Gasteiger partial charge < -0.3 is 10.2 Å². The molecule has 1 fully saturated rings. The van der Waals surface area contributed by atoms with Crippen LogP contribution >= 0.6 is 12.2 Å². The van der Waals surface area contributed by atoms with E-state index in [-0.39, 0.29) is 0 Å². The standard InChI is InChI=1S/C16H24N2S/c1-13-7-6-8-14(2)18(13)16(19)17-12-11-15-9-4-3-5-10-15/h3-5,9-10,13-14H,6-8,11-12H2,1-2H3,(H,17,19). The van der Waals surface area contributed by atoms with E-state index in [9.17, 15) is 0 Å². The second-order valence-corrected chi connectivity index (χ2v) is 5.89. The highest BCUT2D eigenvalue weighted by molar-refractivity contribution is 7.80. The normalized spacial score (nSPS) is 23.2. The van der Waals surface area contributed by atoms with Crippen molar-refractivity contribution in [2.24, 2.45) is 0 Å². The van der Waals surface area contributed by atoms with Gasteiger partial charge in [-0.15, -0.1) is 0 Å². The van der Waals surface area contributed by atoms with Crippen molar-refractivity contribution in [2.75, 3.05) is 6.54 Å². The van der Waals surface area contributed by atoms with E-state index in [4.69, 9.17) is 12.2 Å². The Hall–Kier alpha value is -1.09. The molecule has 2 unspecified atom stereocenters. The zero-order valence-electron chi connectivity index (χ0n) is 11.9. The topological polar surface area (TPSA) is 15.3 Å². The van der Waals surface area contributed by atoms with Crippen LogP contribution in [0.3, 0.4) is 0 Å². The number of hydrogen-bond acceptors (Lipinski definition) is 1. The van der Waals surface area contributed by atoms with Gasteiger partial charge in [-0.3, -0.25) is 0 Å². The molecule has 1 heterocycles. The van der Waals surface area contributed by atoms with E-state index in [2.05, 4.69) is 54.4 Å². The SMILES string of the molecule is CC1CCCC(C)N1C(=S)NCCc1ccccc1. The largest absolute Gasteiger partial charge is 0.362 e. The van der Waals surface area contributed by atoms with Crippen LogP contribution < -0.4 is 5.32 Å². The van der Waals surface area contributed by atoms with Gasteiger partial charge in [0.25, 0.3) is 0 Å². The highest BCUT2D eigenvalue weighted by Crippen LogP contribution is 2.22. The summed E-state index contributed by atoms with van der Waals surface area (Å²) in [4.78, 5) is 2.38. The van der Waals surface area contributed by atoms with E-state index in [1.807, 2.05) is 0 Å². The van der Waals surface area contributed by atoms with Crippen LogP contribution in [0.1, 0.15) is 38.7 Å². The molecule has 1 aromatic carbocycles. The van der Waals surface area contributed by atoms with E-state index >= 15 is 0 Å². The Labute approximate surface area is 122 Å². The first-order valence-corrected chi connectivity index (χ1v) is 7.69. The van der Waals surface area contributed by atoms with E-state index in [0.717, 1.165) is 18.1 Å². The quantitative estimate of drug-likeness (QED) is 0.852. The number of hydrogen-bond donors (Lipinski definition) is 1. The van der Waals surface area contributed by atoms with Crippen molar-refractivity contribution in [3.63, 3.8) is 0 Å². The Kier molecular flexibility index (Phi) is 5.20. The number of nitrogens with one attached hydrogen (secondary N) is 1. The summed E-state index contributed by atoms with van der Waals surface area (Å²) in [7, 11) is 0. The molecule has 0 bridgehead atoms. The first-order chi connectivity index (χ1) is 9.18. The van der Waals surface area contributed by atoms with Crippen LogP contribution in [0.2, 0.25) is 0 Å². The molecule has 3 heteroatoms. The molecule has 1 aliphatic heterocycles.